The van der Waals surface area contributed by atoms with E-state index in [4.69, 9.17) is 0 Å². The van der Waals surface area contributed by atoms with Gasteiger partial charge in [-0.05, 0) is 32.4 Å². The van der Waals surface area contributed by atoms with Gasteiger partial charge in [0.15, 0.2) is 4.34 Å². The Morgan fingerprint density at radius 3 is 2.58 bits per heavy atom. The second kappa shape index (κ2) is 11.3. The lowest BCUT2D eigenvalue weighted by Crippen LogP contribution is -2.27. The Morgan fingerprint density at radius 1 is 1.15 bits per heavy atom. The van der Waals surface area contributed by atoms with E-state index in [2.05, 4.69) is 27.8 Å². The van der Waals surface area contributed by atoms with E-state index in [-0.39, 0.29) is 23.1 Å². The van der Waals surface area contributed by atoms with E-state index >= 15 is 0 Å². The van der Waals surface area contributed by atoms with Crippen LogP contribution in [0.5, 0.6) is 0 Å². The summed E-state index contributed by atoms with van der Waals surface area (Å²) in [6.07, 6.45) is 3.35. The van der Waals surface area contributed by atoms with E-state index in [1.54, 1.807) is 25.6 Å². The lowest BCUT2D eigenvalue weighted by Gasteiger charge is -2.09. The standard InChI is InChI=1S/C22H28N6O3S2/c1-5-6-8-13-17(29)23-21-25-26-22(33-21)32-15(3)19(30)24-18-14(2)27(4)28(20(18)31)16-11-9-7-10-12-16/h7,9-12,15H,5-6,8,13H2,1-4H3,(H,24,30)(H,23,25,29). The smallest absolute Gasteiger partial charge is 0.295 e. The lowest BCUT2D eigenvalue weighted by molar-refractivity contribution is -0.116. The molecule has 2 amide bonds. The van der Waals surface area contributed by atoms with Crippen LogP contribution in [0, 0.1) is 6.92 Å². The molecule has 0 aliphatic rings. The third-order valence-electron chi connectivity index (χ3n) is 5.11. The van der Waals surface area contributed by atoms with Gasteiger partial charge in [-0.2, -0.15) is 0 Å². The summed E-state index contributed by atoms with van der Waals surface area (Å²) >= 11 is 2.45. The van der Waals surface area contributed by atoms with Crippen molar-refractivity contribution >= 4 is 45.7 Å². The fourth-order valence-corrected chi connectivity index (χ4v) is 5.08. The van der Waals surface area contributed by atoms with Gasteiger partial charge in [0.1, 0.15) is 5.69 Å². The van der Waals surface area contributed by atoms with Crippen molar-refractivity contribution in [1.82, 2.24) is 19.6 Å². The van der Waals surface area contributed by atoms with Crippen molar-refractivity contribution in [3.05, 3.63) is 46.4 Å². The van der Waals surface area contributed by atoms with Crippen molar-refractivity contribution < 1.29 is 9.59 Å². The summed E-state index contributed by atoms with van der Waals surface area (Å²) in [6, 6.07) is 9.25. The number of anilines is 2. The first-order valence-corrected chi connectivity index (χ1v) is 12.5. The maximum Gasteiger partial charge on any atom is 0.295 e. The van der Waals surface area contributed by atoms with E-state index < -0.39 is 5.25 Å². The summed E-state index contributed by atoms with van der Waals surface area (Å²) < 4.78 is 3.79. The molecule has 0 saturated heterocycles. The van der Waals surface area contributed by atoms with Crippen LogP contribution in [0.2, 0.25) is 0 Å². The fourth-order valence-electron chi connectivity index (χ4n) is 3.17. The van der Waals surface area contributed by atoms with Crippen LogP contribution in [0.4, 0.5) is 10.8 Å². The summed E-state index contributed by atoms with van der Waals surface area (Å²) in [4.78, 5) is 37.7. The van der Waals surface area contributed by atoms with Crippen LogP contribution in [0.3, 0.4) is 0 Å². The number of rotatable bonds is 10. The normalized spacial score (nSPS) is 11.9. The minimum absolute atomic E-state index is 0.0869. The summed E-state index contributed by atoms with van der Waals surface area (Å²) in [6.45, 7) is 5.61. The zero-order valence-corrected chi connectivity index (χ0v) is 20.8. The lowest BCUT2D eigenvalue weighted by atomic mass is 10.2. The SMILES string of the molecule is CCCCCC(=O)Nc1nnc(SC(C)C(=O)Nc2c(C)n(C)n(-c3ccccc3)c2=O)s1. The highest BCUT2D eigenvalue weighted by Gasteiger charge is 2.22. The third kappa shape index (κ3) is 6.11. The second-order valence-electron chi connectivity index (χ2n) is 7.56. The van der Waals surface area contributed by atoms with E-state index in [1.165, 1.54) is 27.8 Å². The third-order valence-corrected chi connectivity index (χ3v) is 7.13. The van der Waals surface area contributed by atoms with Gasteiger partial charge in [-0.1, -0.05) is 61.1 Å². The number of carbonyl (C=O) groups is 2. The Morgan fingerprint density at radius 2 is 1.88 bits per heavy atom. The highest BCUT2D eigenvalue weighted by Crippen LogP contribution is 2.29. The average molecular weight is 489 g/mol. The molecule has 1 atom stereocenters. The van der Waals surface area contributed by atoms with Gasteiger partial charge < -0.3 is 10.6 Å². The molecule has 0 radical (unpaired) electrons. The molecule has 1 aromatic carbocycles. The van der Waals surface area contributed by atoms with Gasteiger partial charge in [0.25, 0.3) is 5.56 Å². The van der Waals surface area contributed by atoms with Gasteiger partial charge in [0.2, 0.25) is 16.9 Å². The second-order valence-corrected chi connectivity index (χ2v) is 10.1. The molecular formula is C22H28N6O3S2. The average Bonchev–Trinajstić information content (AvgIpc) is 3.31. The number of nitrogens with zero attached hydrogens (tertiary/aromatic N) is 4. The zero-order chi connectivity index (χ0) is 24.0. The van der Waals surface area contributed by atoms with E-state index in [1.807, 2.05) is 30.3 Å². The minimum atomic E-state index is -0.518. The monoisotopic (exact) mass is 488 g/mol. The summed E-state index contributed by atoms with van der Waals surface area (Å²) in [5.74, 6) is -0.400. The first kappa shape index (κ1) is 24.7. The fraction of sp³-hybridized carbons (Fsp3) is 0.409. The van der Waals surface area contributed by atoms with Crippen LogP contribution in [0.25, 0.3) is 5.69 Å². The molecule has 1 unspecified atom stereocenters. The van der Waals surface area contributed by atoms with E-state index in [9.17, 15) is 14.4 Å². The predicted molar refractivity (Wildman–Crippen MR) is 132 cm³/mol. The molecule has 33 heavy (non-hydrogen) atoms. The number of benzene rings is 1. The number of nitrogens with one attached hydrogen (secondary N) is 2. The van der Waals surface area contributed by atoms with Gasteiger partial charge in [0, 0.05) is 13.5 Å². The minimum Gasteiger partial charge on any atom is -0.319 e. The number of thioether (sulfide) groups is 1. The molecule has 2 heterocycles. The number of hydrogen-bond acceptors (Lipinski definition) is 7. The van der Waals surface area contributed by atoms with Crippen molar-refractivity contribution in [2.45, 2.75) is 56.0 Å². The maximum atomic E-state index is 13.0. The largest absolute Gasteiger partial charge is 0.319 e. The highest BCUT2D eigenvalue weighted by atomic mass is 32.2. The van der Waals surface area contributed by atoms with Crippen molar-refractivity contribution in [3.63, 3.8) is 0 Å². The van der Waals surface area contributed by atoms with Gasteiger partial charge in [-0.15, -0.1) is 10.2 Å². The quantitative estimate of drug-likeness (QED) is 0.254. The van der Waals surface area contributed by atoms with Crippen molar-refractivity contribution in [2.75, 3.05) is 10.6 Å². The molecule has 3 rings (SSSR count). The molecule has 11 heteroatoms. The Hall–Kier alpha value is -2.92. The number of hydrogen-bond donors (Lipinski definition) is 2. The van der Waals surface area contributed by atoms with Crippen molar-refractivity contribution in [1.29, 1.82) is 0 Å². The maximum absolute atomic E-state index is 13.0. The molecule has 0 saturated carbocycles. The number of unbranched alkanes of at least 4 members (excludes halogenated alkanes) is 2. The molecule has 3 aromatic rings. The molecule has 2 aromatic heterocycles. The molecule has 0 aliphatic heterocycles. The first-order valence-electron chi connectivity index (χ1n) is 10.8. The predicted octanol–water partition coefficient (Wildman–Crippen LogP) is 3.97. The van der Waals surface area contributed by atoms with E-state index in [0.29, 0.717) is 27.3 Å². The molecule has 0 spiro atoms. The van der Waals surface area contributed by atoms with Gasteiger partial charge in [-0.3, -0.25) is 19.1 Å². The Bertz CT molecular complexity index is 1170. The van der Waals surface area contributed by atoms with Crippen LogP contribution < -0.4 is 16.2 Å². The Kier molecular flexibility index (Phi) is 8.45. The van der Waals surface area contributed by atoms with Crippen molar-refractivity contribution in [2.24, 2.45) is 7.05 Å². The molecule has 0 aliphatic carbocycles. The van der Waals surface area contributed by atoms with Crippen molar-refractivity contribution in [3.8, 4) is 5.69 Å². The zero-order valence-electron chi connectivity index (χ0n) is 19.1. The van der Waals surface area contributed by atoms with Gasteiger partial charge in [0.05, 0.1) is 16.6 Å². The van der Waals surface area contributed by atoms with Crippen LogP contribution in [-0.2, 0) is 16.6 Å². The molecule has 2 N–H and O–H groups in total. The summed E-state index contributed by atoms with van der Waals surface area (Å²) in [5, 5.41) is 13.5. The number of para-hydroxylation sites is 1. The van der Waals surface area contributed by atoms with Crippen LogP contribution in [-0.4, -0.2) is 36.6 Å². The first-order chi connectivity index (χ1) is 15.8. The highest BCUT2D eigenvalue weighted by molar-refractivity contribution is 8.02. The van der Waals surface area contributed by atoms with Crippen LogP contribution in [0.15, 0.2) is 39.5 Å². The number of amides is 2. The summed E-state index contributed by atoms with van der Waals surface area (Å²) in [7, 11) is 1.77. The molecular weight excluding hydrogens is 460 g/mol. The number of aromatic nitrogens is 4. The molecule has 176 valence electrons. The topological polar surface area (TPSA) is 111 Å². The Balaban J connectivity index is 1.64. The van der Waals surface area contributed by atoms with Crippen LogP contribution in [0.1, 0.15) is 45.2 Å². The number of carbonyl (C=O) groups excluding carboxylic acids is 2. The molecule has 0 fully saturated rings. The molecule has 0 bridgehead atoms. The van der Waals surface area contributed by atoms with Gasteiger partial charge >= 0.3 is 0 Å². The van der Waals surface area contributed by atoms with Crippen LogP contribution >= 0.6 is 23.1 Å². The van der Waals surface area contributed by atoms with Gasteiger partial charge in [-0.25, -0.2) is 4.68 Å². The molecule has 9 nitrogen and oxygen atoms in total. The van der Waals surface area contributed by atoms with E-state index in [0.717, 1.165) is 19.3 Å². The summed E-state index contributed by atoms with van der Waals surface area (Å²) in [5.41, 5.74) is 1.32. The Labute approximate surface area is 200 Å².